The van der Waals surface area contributed by atoms with Crippen LogP contribution in [0.15, 0.2) is 29.6 Å². The second kappa shape index (κ2) is 8.47. The molecule has 26 heavy (non-hydrogen) atoms. The number of benzene rings is 1. The molecule has 1 N–H and O–H groups in total. The quantitative estimate of drug-likeness (QED) is 0.779. The van der Waals surface area contributed by atoms with E-state index in [1.807, 2.05) is 36.6 Å². The molecule has 1 aliphatic rings. The SMILES string of the molecule is CCS(=O)(=O)NC1COCCC1COc1ccc(-c2csc(C)n2)cc1. The van der Waals surface area contributed by atoms with Gasteiger partial charge >= 0.3 is 0 Å². The molecule has 2 atom stereocenters. The van der Waals surface area contributed by atoms with Gasteiger partial charge in [0.15, 0.2) is 0 Å². The third-order valence-electron chi connectivity index (χ3n) is 4.44. The van der Waals surface area contributed by atoms with Crippen molar-refractivity contribution in [3.8, 4) is 17.0 Å². The fraction of sp³-hybridized carbons (Fsp3) is 0.500. The van der Waals surface area contributed by atoms with Gasteiger partial charge in [-0.2, -0.15) is 0 Å². The van der Waals surface area contributed by atoms with Crippen molar-refractivity contribution in [1.29, 1.82) is 0 Å². The van der Waals surface area contributed by atoms with E-state index >= 15 is 0 Å². The number of hydrogen-bond acceptors (Lipinski definition) is 6. The number of aryl methyl sites for hydroxylation is 1. The number of ether oxygens (including phenoxy) is 2. The molecule has 142 valence electrons. The number of thiazole rings is 1. The van der Waals surface area contributed by atoms with Crippen molar-refractivity contribution in [2.45, 2.75) is 26.3 Å². The minimum Gasteiger partial charge on any atom is -0.493 e. The fourth-order valence-electron chi connectivity index (χ4n) is 2.85. The fourth-order valence-corrected chi connectivity index (χ4v) is 4.36. The molecule has 0 spiro atoms. The van der Waals surface area contributed by atoms with Gasteiger partial charge in [-0.25, -0.2) is 18.1 Å². The number of hydrogen-bond donors (Lipinski definition) is 1. The number of aromatic nitrogens is 1. The van der Waals surface area contributed by atoms with Crippen LogP contribution in [-0.4, -0.2) is 45.0 Å². The van der Waals surface area contributed by atoms with Gasteiger partial charge in [-0.15, -0.1) is 11.3 Å². The molecule has 0 bridgehead atoms. The molecule has 0 saturated carbocycles. The van der Waals surface area contributed by atoms with Crippen molar-refractivity contribution in [2.24, 2.45) is 5.92 Å². The number of nitrogens with zero attached hydrogens (tertiary/aromatic N) is 1. The lowest BCUT2D eigenvalue weighted by atomic mass is 9.97. The molecule has 1 saturated heterocycles. The highest BCUT2D eigenvalue weighted by atomic mass is 32.2. The van der Waals surface area contributed by atoms with Crippen LogP contribution in [0.1, 0.15) is 18.4 Å². The molecular formula is C18H24N2O4S2. The lowest BCUT2D eigenvalue weighted by molar-refractivity contribution is 0.0274. The normalized spacial score (nSPS) is 20.8. The zero-order valence-electron chi connectivity index (χ0n) is 15.0. The summed E-state index contributed by atoms with van der Waals surface area (Å²) >= 11 is 1.63. The minimum atomic E-state index is -3.26. The van der Waals surface area contributed by atoms with Gasteiger partial charge in [0.05, 0.1) is 35.7 Å². The lowest BCUT2D eigenvalue weighted by Crippen LogP contribution is -2.48. The predicted molar refractivity (Wildman–Crippen MR) is 103 cm³/mol. The summed E-state index contributed by atoms with van der Waals surface area (Å²) in [5, 5.41) is 3.08. The Morgan fingerprint density at radius 1 is 1.35 bits per heavy atom. The van der Waals surface area contributed by atoms with Crippen LogP contribution in [0, 0.1) is 12.8 Å². The van der Waals surface area contributed by atoms with Crippen molar-refractivity contribution < 1.29 is 17.9 Å². The summed E-state index contributed by atoms with van der Waals surface area (Å²) in [6.07, 6.45) is 0.771. The molecule has 0 aliphatic carbocycles. The van der Waals surface area contributed by atoms with Crippen LogP contribution in [0.3, 0.4) is 0 Å². The van der Waals surface area contributed by atoms with Crippen molar-refractivity contribution in [2.75, 3.05) is 25.6 Å². The predicted octanol–water partition coefficient (Wildman–Crippen LogP) is 2.84. The zero-order chi connectivity index (χ0) is 18.6. The van der Waals surface area contributed by atoms with Gasteiger partial charge in [-0.05, 0) is 44.5 Å². The Morgan fingerprint density at radius 3 is 2.77 bits per heavy atom. The van der Waals surface area contributed by atoms with Crippen LogP contribution in [0.25, 0.3) is 11.3 Å². The second-order valence-electron chi connectivity index (χ2n) is 6.34. The van der Waals surface area contributed by atoms with Crippen LogP contribution in [0.2, 0.25) is 0 Å². The van der Waals surface area contributed by atoms with E-state index in [2.05, 4.69) is 9.71 Å². The molecule has 1 fully saturated rings. The maximum absolute atomic E-state index is 11.8. The first-order chi connectivity index (χ1) is 12.5. The maximum atomic E-state index is 11.8. The topological polar surface area (TPSA) is 77.5 Å². The summed E-state index contributed by atoms with van der Waals surface area (Å²) in [6.45, 7) is 5.08. The van der Waals surface area contributed by atoms with Crippen LogP contribution < -0.4 is 9.46 Å². The molecule has 1 aliphatic heterocycles. The van der Waals surface area contributed by atoms with Gasteiger partial charge < -0.3 is 9.47 Å². The Hall–Kier alpha value is -1.48. The van der Waals surface area contributed by atoms with Crippen molar-refractivity contribution in [3.05, 3.63) is 34.7 Å². The first kappa shape index (κ1) is 19.3. The average molecular weight is 397 g/mol. The summed E-state index contributed by atoms with van der Waals surface area (Å²) in [7, 11) is -3.26. The molecule has 0 amide bonds. The maximum Gasteiger partial charge on any atom is 0.211 e. The highest BCUT2D eigenvalue weighted by Gasteiger charge is 2.29. The largest absolute Gasteiger partial charge is 0.493 e. The molecule has 0 radical (unpaired) electrons. The number of sulfonamides is 1. The Kier molecular flexibility index (Phi) is 6.29. The molecule has 2 unspecified atom stereocenters. The van der Waals surface area contributed by atoms with Crippen LogP contribution in [-0.2, 0) is 14.8 Å². The summed E-state index contributed by atoms with van der Waals surface area (Å²) in [4.78, 5) is 4.48. The van der Waals surface area contributed by atoms with Crippen LogP contribution in [0.4, 0.5) is 0 Å². The van der Waals surface area contributed by atoms with E-state index < -0.39 is 10.0 Å². The molecule has 2 aromatic rings. The van der Waals surface area contributed by atoms with E-state index in [0.29, 0.717) is 19.8 Å². The first-order valence-electron chi connectivity index (χ1n) is 8.70. The molecule has 6 nitrogen and oxygen atoms in total. The zero-order valence-corrected chi connectivity index (χ0v) is 16.6. The van der Waals surface area contributed by atoms with Crippen molar-refractivity contribution >= 4 is 21.4 Å². The molecule has 2 heterocycles. The van der Waals surface area contributed by atoms with E-state index in [1.54, 1.807) is 18.3 Å². The highest BCUT2D eigenvalue weighted by Crippen LogP contribution is 2.25. The smallest absolute Gasteiger partial charge is 0.211 e. The third-order valence-corrected chi connectivity index (χ3v) is 6.64. The molecule has 1 aromatic carbocycles. The van der Waals surface area contributed by atoms with E-state index in [1.165, 1.54) is 0 Å². The van der Waals surface area contributed by atoms with E-state index in [0.717, 1.165) is 28.4 Å². The Bertz CT molecular complexity index is 818. The summed E-state index contributed by atoms with van der Waals surface area (Å²) in [5.74, 6) is 0.921. The summed E-state index contributed by atoms with van der Waals surface area (Å²) in [6, 6.07) is 7.59. The van der Waals surface area contributed by atoms with Gasteiger partial charge in [-0.3, -0.25) is 0 Å². The monoisotopic (exact) mass is 396 g/mol. The van der Waals surface area contributed by atoms with Gasteiger partial charge in [0.1, 0.15) is 5.75 Å². The average Bonchev–Trinajstić information content (AvgIpc) is 3.07. The lowest BCUT2D eigenvalue weighted by Gasteiger charge is -2.31. The van der Waals surface area contributed by atoms with Crippen molar-refractivity contribution in [3.63, 3.8) is 0 Å². The van der Waals surface area contributed by atoms with Crippen LogP contribution in [0.5, 0.6) is 5.75 Å². The van der Waals surface area contributed by atoms with Gasteiger partial charge in [0.25, 0.3) is 0 Å². The van der Waals surface area contributed by atoms with Crippen LogP contribution >= 0.6 is 11.3 Å². The summed E-state index contributed by atoms with van der Waals surface area (Å²) < 4.78 is 37.8. The third kappa shape index (κ3) is 5.03. The van der Waals surface area contributed by atoms with Gasteiger partial charge in [0, 0.05) is 23.5 Å². The summed E-state index contributed by atoms with van der Waals surface area (Å²) in [5.41, 5.74) is 2.03. The van der Waals surface area contributed by atoms with Crippen molar-refractivity contribution in [1.82, 2.24) is 9.71 Å². The van der Waals surface area contributed by atoms with Gasteiger partial charge in [-0.1, -0.05) is 0 Å². The molecule has 3 rings (SSSR count). The molecule has 1 aromatic heterocycles. The highest BCUT2D eigenvalue weighted by molar-refractivity contribution is 7.89. The number of nitrogens with one attached hydrogen (secondary N) is 1. The standard InChI is InChI=1S/C18H24N2O4S2/c1-3-26(21,22)20-17-11-23-9-8-15(17)10-24-16-6-4-14(5-7-16)18-12-25-13(2)19-18/h4-7,12,15,17,20H,3,8-11H2,1-2H3. The Labute approximate surface area is 158 Å². The van der Waals surface area contributed by atoms with Gasteiger partial charge in [0.2, 0.25) is 10.0 Å². The molecular weight excluding hydrogens is 372 g/mol. The minimum absolute atomic E-state index is 0.0641. The Morgan fingerprint density at radius 2 is 2.12 bits per heavy atom. The van der Waals surface area contributed by atoms with E-state index in [-0.39, 0.29) is 17.7 Å². The Balaban J connectivity index is 1.60. The number of rotatable bonds is 7. The van der Waals surface area contributed by atoms with E-state index in [9.17, 15) is 8.42 Å². The van der Waals surface area contributed by atoms with E-state index in [4.69, 9.17) is 9.47 Å². The first-order valence-corrected chi connectivity index (χ1v) is 11.2. The molecule has 8 heteroatoms. The second-order valence-corrected chi connectivity index (χ2v) is 9.44.